The number of benzene rings is 3. The Labute approximate surface area is 207 Å². The van der Waals surface area contributed by atoms with Crippen LogP contribution in [0, 0.1) is 0 Å². The van der Waals surface area contributed by atoms with Gasteiger partial charge in [0.05, 0.1) is 5.69 Å². The van der Waals surface area contributed by atoms with E-state index in [-0.39, 0.29) is 12.1 Å². The van der Waals surface area contributed by atoms with Crippen molar-refractivity contribution in [3.8, 4) is 22.4 Å². The molecule has 0 saturated carbocycles. The number of hydrogen-bond donors (Lipinski definition) is 4. The van der Waals surface area contributed by atoms with Crippen molar-refractivity contribution in [3.63, 3.8) is 0 Å². The number of aliphatic carboxylic acids is 1. The second-order valence-electron chi connectivity index (χ2n) is 8.20. The van der Waals surface area contributed by atoms with Gasteiger partial charge in [0, 0.05) is 17.5 Å². The Morgan fingerprint density at radius 2 is 1.54 bits per heavy atom. The Hall–Kier alpha value is -3.94. The Morgan fingerprint density at radius 3 is 2.20 bits per heavy atom. The normalized spacial score (nSPS) is 12.6. The number of aromatic amines is 1. The van der Waals surface area contributed by atoms with Crippen LogP contribution in [0.25, 0.3) is 22.4 Å². The van der Waals surface area contributed by atoms with Gasteiger partial charge in [-0.25, -0.2) is 4.79 Å². The summed E-state index contributed by atoms with van der Waals surface area (Å²) in [5.41, 5.74) is 4.65. The van der Waals surface area contributed by atoms with Gasteiger partial charge in [-0.3, -0.25) is 9.89 Å². The van der Waals surface area contributed by atoms with E-state index in [2.05, 4.69) is 15.5 Å². The number of H-pyrrole nitrogens is 1. The largest absolute Gasteiger partial charge is 0.479 e. The summed E-state index contributed by atoms with van der Waals surface area (Å²) in [7, 11) is 0. The molecule has 7 nitrogen and oxygen atoms in total. The number of amides is 1. The SMILES string of the molecule is O=C(NC(Cc1ccc(-c2ccccc2)cc1)CC(O)C(=O)O)c1cc(-c2ccc(Cl)cc2)[nH]n1. The molecule has 0 aliphatic carbocycles. The highest BCUT2D eigenvalue weighted by Crippen LogP contribution is 2.22. The summed E-state index contributed by atoms with van der Waals surface area (Å²) in [5, 5.41) is 29.4. The van der Waals surface area contributed by atoms with E-state index in [1.807, 2.05) is 66.7 Å². The zero-order valence-electron chi connectivity index (χ0n) is 18.7. The number of carbonyl (C=O) groups is 2. The number of nitrogens with one attached hydrogen (secondary N) is 2. The first kappa shape index (κ1) is 24.2. The van der Waals surface area contributed by atoms with Gasteiger partial charge in [-0.15, -0.1) is 0 Å². The maximum absolute atomic E-state index is 12.9. The molecule has 8 heteroatoms. The van der Waals surface area contributed by atoms with Gasteiger partial charge in [0.15, 0.2) is 11.8 Å². The van der Waals surface area contributed by atoms with Gasteiger partial charge in [-0.05, 0) is 46.9 Å². The molecule has 0 fully saturated rings. The molecule has 1 amide bonds. The standard InChI is InChI=1S/C27H24ClN3O4/c28-21-12-10-20(11-13-21)23-16-24(31-30-23)26(33)29-22(15-25(32)27(34)35)14-17-6-8-19(9-7-17)18-4-2-1-3-5-18/h1-13,16,22,25,32H,14-15H2,(H,29,33)(H,30,31)(H,34,35). The number of halogens is 1. The predicted octanol–water partition coefficient (Wildman–Crippen LogP) is 4.57. The number of carboxylic acid groups (broad SMARTS) is 1. The van der Waals surface area contributed by atoms with Crippen molar-refractivity contribution < 1.29 is 19.8 Å². The number of aromatic nitrogens is 2. The van der Waals surface area contributed by atoms with Crippen LogP contribution in [0.5, 0.6) is 0 Å². The zero-order valence-corrected chi connectivity index (χ0v) is 19.4. The van der Waals surface area contributed by atoms with E-state index >= 15 is 0 Å². The highest BCUT2D eigenvalue weighted by Gasteiger charge is 2.23. The second-order valence-corrected chi connectivity index (χ2v) is 8.64. The topological polar surface area (TPSA) is 115 Å². The van der Waals surface area contributed by atoms with Crippen LogP contribution in [0.3, 0.4) is 0 Å². The third-order valence-corrected chi connectivity index (χ3v) is 5.89. The number of hydrogen-bond acceptors (Lipinski definition) is 4. The summed E-state index contributed by atoms with van der Waals surface area (Å²) < 4.78 is 0. The summed E-state index contributed by atoms with van der Waals surface area (Å²) in [4.78, 5) is 24.1. The molecule has 0 bridgehead atoms. The van der Waals surface area contributed by atoms with E-state index in [0.717, 1.165) is 22.3 Å². The van der Waals surface area contributed by atoms with Crippen molar-refractivity contribution in [2.24, 2.45) is 0 Å². The van der Waals surface area contributed by atoms with Crippen molar-refractivity contribution >= 4 is 23.5 Å². The lowest BCUT2D eigenvalue weighted by molar-refractivity contribution is -0.147. The number of aliphatic hydroxyl groups is 1. The van der Waals surface area contributed by atoms with E-state index in [9.17, 15) is 19.8 Å². The third kappa shape index (κ3) is 6.35. The molecule has 4 rings (SSSR count). The molecule has 4 N–H and O–H groups in total. The van der Waals surface area contributed by atoms with Gasteiger partial charge in [-0.1, -0.05) is 78.3 Å². The summed E-state index contributed by atoms with van der Waals surface area (Å²) in [6.07, 6.45) is -1.40. The fourth-order valence-corrected chi connectivity index (χ4v) is 3.91. The fraction of sp³-hybridized carbons (Fsp3) is 0.148. The molecule has 3 aromatic carbocycles. The molecular weight excluding hydrogens is 466 g/mol. The Kier molecular flexibility index (Phi) is 7.60. The molecule has 0 radical (unpaired) electrons. The third-order valence-electron chi connectivity index (χ3n) is 5.64. The minimum absolute atomic E-state index is 0.143. The molecule has 0 spiro atoms. The molecule has 4 aromatic rings. The minimum Gasteiger partial charge on any atom is -0.479 e. The van der Waals surface area contributed by atoms with Crippen LogP contribution in [0.4, 0.5) is 0 Å². The predicted molar refractivity (Wildman–Crippen MR) is 134 cm³/mol. The van der Waals surface area contributed by atoms with Crippen LogP contribution < -0.4 is 5.32 Å². The van der Waals surface area contributed by atoms with Crippen molar-refractivity contribution in [2.75, 3.05) is 0 Å². The quantitative estimate of drug-likeness (QED) is 0.275. The van der Waals surface area contributed by atoms with E-state index < -0.39 is 24.0 Å². The average molecular weight is 490 g/mol. The number of carbonyl (C=O) groups excluding carboxylic acids is 1. The van der Waals surface area contributed by atoms with Crippen molar-refractivity contribution in [2.45, 2.75) is 25.0 Å². The molecule has 1 heterocycles. The second kappa shape index (κ2) is 11.0. The molecule has 178 valence electrons. The highest BCUT2D eigenvalue weighted by molar-refractivity contribution is 6.30. The number of rotatable bonds is 9. The maximum Gasteiger partial charge on any atom is 0.332 e. The number of carboxylic acids is 1. The van der Waals surface area contributed by atoms with E-state index in [0.29, 0.717) is 17.1 Å². The first-order valence-corrected chi connectivity index (χ1v) is 11.4. The van der Waals surface area contributed by atoms with Crippen molar-refractivity contribution in [3.05, 3.63) is 101 Å². The summed E-state index contributed by atoms with van der Waals surface area (Å²) in [5.74, 6) is -1.81. The van der Waals surface area contributed by atoms with Crippen LogP contribution in [0.15, 0.2) is 84.9 Å². The molecular formula is C27H24ClN3O4. The number of nitrogens with zero attached hydrogens (tertiary/aromatic N) is 1. The summed E-state index contributed by atoms with van der Waals surface area (Å²) in [6.45, 7) is 0. The monoisotopic (exact) mass is 489 g/mol. The fourth-order valence-electron chi connectivity index (χ4n) is 3.79. The number of aliphatic hydroxyl groups excluding tert-OH is 1. The summed E-state index contributed by atoms with van der Waals surface area (Å²) >= 11 is 5.93. The van der Waals surface area contributed by atoms with Crippen LogP contribution in [0.2, 0.25) is 5.02 Å². The smallest absolute Gasteiger partial charge is 0.332 e. The Balaban J connectivity index is 1.48. The van der Waals surface area contributed by atoms with Crippen LogP contribution in [-0.2, 0) is 11.2 Å². The first-order chi connectivity index (χ1) is 16.9. The van der Waals surface area contributed by atoms with Gasteiger partial charge in [0.2, 0.25) is 0 Å². The van der Waals surface area contributed by atoms with Crippen molar-refractivity contribution in [1.82, 2.24) is 15.5 Å². The lowest BCUT2D eigenvalue weighted by Gasteiger charge is -2.20. The molecule has 1 aromatic heterocycles. The van der Waals surface area contributed by atoms with Gasteiger partial charge in [-0.2, -0.15) is 5.10 Å². The van der Waals surface area contributed by atoms with E-state index in [1.165, 1.54) is 0 Å². The lowest BCUT2D eigenvalue weighted by atomic mass is 9.97. The molecule has 0 saturated heterocycles. The molecule has 2 unspecified atom stereocenters. The Bertz CT molecular complexity index is 1290. The minimum atomic E-state index is -1.60. The first-order valence-electron chi connectivity index (χ1n) is 11.1. The van der Waals surface area contributed by atoms with E-state index in [1.54, 1.807) is 18.2 Å². The summed E-state index contributed by atoms with van der Waals surface area (Å²) in [6, 6.07) is 25.8. The average Bonchev–Trinajstić information content (AvgIpc) is 3.36. The van der Waals surface area contributed by atoms with Gasteiger partial charge in [0.25, 0.3) is 5.91 Å². The lowest BCUT2D eigenvalue weighted by Crippen LogP contribution is -2.40. The van der Waals surface area contributed by atoms with Gasteiger partial charge in [0.1, 0.15) is 0 Å². The maximum atomic E-state index is 12.9. The molecule has 0 aliphatic rings. The highest BCUT2D eigenvalue weighted by atomic mass is 35.5. The van der Waals surface area contributed by atoms with Gasteiger partial charge >= 0.3 is 5.97 Å². The van der Waals surface area contributed by atoms with E-state index in [4.69, 9.17) is 11.6 Å². The zero-order chi connectivity index (χ0) is 24.8. The van der Waals surface area contributed by atoms with Crippen LogP contribution >= 0.6 is 11.6 Å². The van der Waals surface area contributed by atoms with Crippen molar-refractivity contribution in [1.29, 1.82) is 0 Å². The van der Waals surface area contributed by atoms with Gasteiger partial charge < -0.3 is 15.5 Å². The molecule has 2 atom stereocenters. The Morgan fingerprint density at radius 1 is 0.914 bits per heavy atom. The molecule has 0 aliphatic heterocycles. The van der Waals surface area contributed by atoms with Crippen LogP contribution in [-0.4, -0.2) is 44.4 Å². The molecule has 35 heavy (non-hydrogen) atoms. The van der Waals surface area contributed by atoms with Crippen LogP contribution in [0.1, 0.15) is 22.5 Å².